The maximum absolute atomic E-state index is 11.9. The van der Waals surface area contributed by atoms with Gasteiger partial charge in [-0.1, -0.05) is 12.1 Å². The molecule has 0 unspecified atom stereocenters. The number of hydrogen-bond donors (Lipinski definition) is 3. The number of amides is 3. The Morgan fingerprint density at radius 3 is 2.28 bits per heavy atom. The molecular formula is C20H31N3O6. The number of benzene rings is 1. The third-order valence-electron chi connectivity index (χ3n) is 3.41. The van der Waals surface area contributed by atoms with Crippen LogP contribution in [0.2, 0.25) is 0 Å². The molecule has 0 spiro atoms. The lowest BCUT2D eigenvalue weighted by molar-refractivity contribution is -0.121. The van der Waals surface area contributed by atoms with Crippen LogP contribution in [-0.2, 0) is 30.3 Å². The lowest BCUT2D eigenvalue weighted by atomic mass is 10.2. The van der Waals surface area contributed by atoms with Gasteiger partial charge in [-0.15, -0.1) is 0 Å². The predicted molar refractivity (Wildman–Crippen MR) is 108 cm³/mol. The molecular weight excluding hydrogens is 378 g/mol. The number of methoxy groups -OCH3 is 1. The zero-order valence-electron chi connectivity index (χ0n) is 17.5. The van der Waals surface area contributed by atoms with Gasteiger partial charge in [-0.05, 0) is 38.5 Å². The van der Waals surface area contributed by atoms with Gasteiger partial charge in [0.15, 0.2) is 0 Å². The maximum atomic E-state index is 11.9. The highest BCUT2D eigenvalue weighted by Crippen LogP contribution is 2.09. The molecule has 0 atom stereocenters. The Balaban J connectivity index is 2.25. The van der Waals surface area contributed by atoms with Crippen molar-refractivity contribution in [1.29, 1.82) is 0 Å². The molecule has 0 aliphatic heterocycles. The van der Waals surface area contributed by atoms with Crippen LogP contribution in [-0.4, -0.2) is 57.0 Å². The van der Waals surface area contributed by atoms with E-state index in [1.165, 1.54) is 0 Å². The molecule has 1 rings (SSSR count). The first-order valence-corrected chi connectivity index (χ1v) is 9.38. The average Bonchev–Trinajstić information content (AvgIpc) is 2.63. The molecule has 0 aliphatic rings. The quantitative estimate of drug-likeness (QED) is 0.480. The van der Waals surface area contributed by atoms with Crippen molar-refractivity contribution in [3.05, 3.63) is 29.8 Å². The second-order valence-electron chi connectivity index (χ2n) is 7.25. The van der Waals surface area contributed by atoms with Crippen molar-refractivity contribution in [2.45, 2.75) is 39.3 Å². The van der Waals surface area contributed by atoms with Gasteiger partial charge in [0.25, 0.3) is 0 Å². The standard InChI is InChI=1S/C20H31N3O6/c1-20(2,3)29-19(26)21-10-9-17(24)22-13-15-5-7-16(8-6-15)23-18(25)14-28-12-11-27-4/h5-8H,9-14H2,1-4H3,(H,21,26)(H,22,24)(H,23,25). The van der Waals surface area contributed by atoms with Crippen LogP contribution >= 0.6 is 0 Å². The van der Waals surface area contributed by atoms with E-state index >= 15 is 0 Å². The number of ether oxygens (including phenoxy) is 3. The van der Waals surface area contributed by atoms with E-state index < -0.39 is 11.7 Å². The largest absolute Gasteiger partial charge is 0.444 e. The highest BCUT2D eigenvalue weighted by Gasteiger charge is 2.15. The molecule has 0 saturated heterocycles. The molecule has 0 radical (unpaired) electrons. The van der Waals surface area contributed by atoms with Gasteiger partial charge in [0.2, 0.25) is 11.8 Å². The second kappa shape index (κ2) is 12.7. The summed E-state index contributed by atoms with van der Waals surface area (Å²) in [6.07, 6.45) is -0.400. The number of hydrogen-bond acceptors (Lipinski definition) is 6. The van der Waals surface area contributed by atoms with Crippen LogP contribution in [0.5, 0.6) is 0 Å². The molecule has 29 heavy (non-hydrogen) atoms. The minimum absolute atomic E-state index is 0.0432. The van der Waals surface area contributed by atoms with Gasteiger partial charge in [-0.2, -0.15) is 0 Å². The van der Waals surface area contributed by atoms with Gasteiger partial charge in [0.05, 0.1) is 13.2 Å². The van der Waals surface area contributed by atoms with Crippen molar-refractivity contribution in [3.8, 4) is 0 Å². The SMILES string of the molecule is COCCOCC(=O)Nc1ccc(CNC(=O)CCNC(=O)OC(C)(C)C)cc1. The molecule has 0 fully saturated rings. The van der Waals surface area contributed by atoms with Gasteiger partial charge in [-0.25, -0.2) is 4.79 Å². The molecule has 9 nitrogen and oxygen atoms in total. The summed E-state index contributed by atoms with van der Waals surface area (Å²) < 4.78 is 15.1. The first-order valence-electron chi connectivity index (χ1n) is 9.38. The van der Waals surface area contributed by atoms with Crippen molar-refractivity contribution >= 4 is 23.6 Å². The third-order valence-corrected chi connectivity index (χ3v) is 3.41. The van der Waals surface area contributed by atoms with E-state index in [1.807, 2.05) is 0 Å². The molecule has 0 heterocycles. The third kappa shape index (κ3) is 12.4. The number of rotatable bonds is 11. The predicted octanol–water partition coefficient (Wildman–Crippen LogP) is 1.82. The monoisotopic (exact) mass is 409 g/mol. The van der Waals surface area contributed by atoms with Gasteiger partial charge < -0.3 is 30.2 Å². The van der Waals surface area contributed by atoms with E-state index in [2.05, 4.69) is 16.0 Å². The zero-order chi connectivity index (χ0) is 21.7. The fourth-order valence-corrected chi connectivity index (χ4v) is 2.09. The molecule has 0 aliphatic carbocycles. The number of anilines is 1. The molecule has 162 valence electrons. The minimum Gasteiger partial charge on any atom is -0.444 e. The Hall–Kier alpha value is -2.65. The van der Waals surface area contributed by atoms with Crippen LogP contribution in [0.1, 0.15) is 32.8 Å². The molecule has 3 N–H and O–H groups in total. The normalized spacial score (nSPS) is 10.9. The first kappa shape index (κ1) is 24.4. The molecule has 0 saturated carbocycles. The van der Waals surface area contributed by atoms with Crippen LogP contribution in [0.15, 0.2) is 24.3 Å². The van der Waals surface area contributed by atoms with E-state index in [0.29, 0.717) is 25.4 Å². The lowest BCUT2D eigenvalue weighted by Crippen LogP contribution is -2.35. The van der Waals surface area contributed by atoms with Crippen molar-refractivity contribution in [1.82, 2.24) is 10.6 Å². The maximum Gasteiger partial charge on any atom is 0.407 e. The molecule has 1 aromatic rings. The van der Waals surface area contributed by atoms with E-state index in [4.69, 9.17) is 14.2 Å². The molecule has 3 amide bonds. The Labute approximate surface area is 171 Å². The first-order chi connectivity index (χ1) is 13.7. The van der Waals surface area contributed by atoms with Crippen molar-refractivity contribution in [3.63, 3.8) is 0 Å². The van der Waals surface area contributed by atoms with E-state index in [9.17, 15) is 14.4 Å². The van der Waals surface area contributed by atoms with Crippen LogP contribution < -0.4 is 16.0 Å². The Bertz CT molecular complexity index is 655. The second-order valence-corrected chi connectivity index (χ2v) is 7.25. The summed E-state index contributed by atoms with van der Waals surface area (Å²) in [4.78, 5) is 35.1. The smallest absolute Gasteiger partial charge is 0.407 e. The highest BCUT2D eigenvalue weighted by atomic mass is 16.6. The summed E-state index contributed by atoms with van der Waals surface area (Å²) in [5.41, 5.74) is 0.949. The summed E-state index contributed by atoms with van der Waals surface area (Å²) >= 11 is 0. The lowest BCUT2D eigenvalue weighted by Gasteiger charge is -2.19. The Morgan fingerprint density at radius 1 is 0.966 bits per heavy atom. The van der Waals surface area contributed by atoms with Gasteiger partial charge >= 0.3 is 6.09 Å². The highest BCUT2D eigenvalue weighted by molar-refractivity contribution is 5.91. The summed E-state index contributed by atoms with van der Waals surface area (Å²) in [6.45, 7) is 6.60. The molecule has 0 aromatic heterocycles. The molecule has 9 heteroatoms. The van der Waals surface area contributed by atoms with Gasteiger partial charge in [0.1, 0.15) is 12.2 Å². The van der Waals surface area contributed by atoms with E-state index in [-0.39, 0.29) is 31.4 Å². The summed E-state index contributed by atoms with van der Waals surface area (Å²) in [6, 6.07) is 7.11. The summed E-state index contributed by atoms with van der Waals surface area (Å²) in [7, 11) is 1.56. The van der Waals surface area contributed by atoms with Crippen molar-refractivity contribution in [2.24, 2.45) is 0 Å². The number of alkyl carbamates (subject to hydrolysis) is 1. The zero-order valence-corrected chi connectivity index (χ0v) is 17.5. The molecule has 1 aromatic carbocycles. The van der Waals surface area contributed by atoms with Gasteiger partial charge in [0, 0.05) is 32.3 Å². The average molecular weight is 409 g/mol. The summed E-state index contributed by atoms with van der Waals surface area (Å²) in [5.74, 6) is -0.439. The van der Waals surface area contributed by atoms with Crippen LogP contribution in [0.4, 0.5) is 10.5 Å². The number of carbonyl (C=O) groups excluding carboxylic acids is 3. The number of nitrogens with one attached hydrogen (secondary N) is 3. The van der Waals surface area contributed by atoms with E-state index in [1.54, 1.807) is 52.1 Å². The van der Waals surface area contributed by atoms with Crippen molar-refractivity contribution < 1.29 is 28.6 Å². The van der Waals surface area contributed by atoms with Gasteiger partial charge in [-0.3, -0.25) is 9.59 Å². The fourth-order valence-electron chi connectivity index (χ4n) is 2.09. The van der Waals surface area contributed by atoms with Crippen LogP contribution in [0.25, 0.3) is 0 Å². The minimum atomic E-state index is -0.574. The topological polar surface area (TPSA) is 115 Å². The summed E-state index contributed by atoms with van der Waals surface area (Å²) in [5, 5.41) is 8.03. The number of carbonyl (C=O) groups is 3. The Kier molecular flexibility index (Phi) is 10.7. The van der Waals surface area contributed by atoms with Crippen LogP contribution in [0, 0.1) is 0 Å². The molecule has 0 bridgehead atoms. The van der Waals surface area contributed by atoms with Crippen molar-refractivity contribution in [2.75, 3.05) is 38.8 Å². The Morgan fingerprint density at radius 2 is 1.66 bits per heavy atom. The fraction of sp³-hybridized carbons (Fsp3) is 0.550. The van der Waals surface area contributed by atoms with E-state index in [0.717, 1.165) is 5.56 Å². The van der Waals surface area contributed by atoms with Crippen LogP contribution in [0.3, 0.4) is 0 Å².